The number of carbonyl (C=O) groups excluding carboxylic acids is 1. The molecule has 0 bridgehead atoms. The monoisotopic (exact) mass is 379 g/mol. The van der Waals surface area contributed by atoms with Crippen LogP contribution in [0.25, 0.3) is 32.5 Å². The van der Waals surface area contributed by atoms with Crippen LogP contribution in [0.3, 0.4) is 0 Å². The third-order valence-electron chi connectivity index (χ3n) is 4.12. The fourth-order valence-electron chi connectivity index (χ4n) is 2.96. The second kappa shape index (κ2) is 6.90. The SMILES string of the molecule is COC(=O)c1cc2cc(Cl)nc(-c3ccccc3-c3ccccc3)c2s1. The molecular formula is C21H14ClNO2S. The van der Waals surface area contributed by atoms with E-state index in [0.29, 0.717) is 10.0 Å². The number of aromatic nitrogens is 1. The van der Waals surface area contributed by atoms with Gasteiger partial charge in [-0.05, 0) is 28.6 Å². The summed E-state index contributed by atoms with van der Waals surface area (Å²) in [5, 5.41) is 1.28. The Labute approximate surface area is 159 Å². The first-order chi connectivity index (χ1) is 12.7. The van der Waals surface area contributed by atoms with Crippen molar-refractivity contribution >= 4 is 39.0 Å². The quantitative estimate of drug-likeness (QED) is 0.320. The number of halogens is 1. The van der Waals surface area contributed by atoms with Crippen LogP contribution in [0.1, 0.15) is 9.67 Å². The molecule has 0 spiro atoms. The minimum absolute atomic E-state index is 0.357. The molecule has 0 saturated heterocycles. The summed E-state index contributed by atoms with van der Waals surface area (Å²) in [6.07, 6.45) is 0. The molecule has 2 aromatic heterocycles. The van der Waals surface area contributed by atoms with Gasteiger partial charge in [-0.15, -0.1) is 11.3 Å². The maximum absolute atomic E-state index is 11.9. The minimum Gasteiger partial charge on any atom is -0.465 e. The predicted octanol–water partition coefficient (Wildman–Crippen LogP) is 6.07. The molecule has 0 aliphatic heterocycles. The summed E-state index contributed by atoms with van der Waals surface area (Å²) in [6.45, 7) is 0. The van der Waals surface area contributed by atoms with E-state index in [-0.39, 0.29) is 5.97 Å². The average Bonchev–Trinajstić information content (AvgIpc) is 3.11. The lowest BCUT2D eigenvalue weighted by Gasteiger charge is -2.10. The van der Waals surface area contributed by atoms with E-state index in [1.54, 1.807) is 12.1 Å². The molecule has 3 nitrogen and oxygen atoms in total. The molecule has 5 heteroatoms. The first-order valence-electron chi connectivity index (χ1n) is 8.00. The van der Waals surface area contributed by atoms with Crippen LogP contribution in [0.4, 0.5) is 0 Å². The number of rotatable bonds is 3. The Kier molecular flexibility index (Phi) is 4.45. The summed E-state index contributed by atoms with van der Waals surface area (Å²) in [5.74, 6) is -0.357. The number of thiophene rings is 1. The van der Waals surface area contributed by atoms with E-state index < -0.39 is 0 Å². The van der Waals surface area contributed by atoms with Gasteiger partial charge in [0.05, 0.1) is 17.5 Å². The van der Waals surface area contributed by atoms with Gasteiger partial charge in [0.25, 0.3) is 0 Å². The molecule has 128 valence electrons. The molecule has 0 aliphatic carbocycles. The number of carbonyl (C=O) groups is 1. The Morgan fingerprint density at radius 2 is 1.69 bits per heavy atom. The van der Waals surface area contributed by atoms with Gasteiger partial charge in [-0.2, -0.15) is 0 Å². The van der Waals surface area contributed by atoms with E-state index in [4.69, 9.17) is 16.3 Å². The highest BCUT2D eigenvalue weighted by molar-refractivity contribution is 7.21. The Bertz CT molecular complexity index is 1110. The van der Waals surface area contributed by atoms with E-state index in [0.717, 1.165) is 32.5 Å². The molecule has 0 atom stereocenters. The number of nitrogens with zero attached hydrogens (tertiary/aromatic N) is 1. The normalized spacial score (nSPS) is 10.8. The Morgan fingerprint density at radius 3 is 2.42 bits per heavy atom. The highest BCUT2D eigenvalue weighted by Gasteiger charge is 2.17. The maximum atomic E-state index is 11.9. The van der Waals surface area contributed by atoms with Crippen molar-refractivity contribution in [2.45, 2.75) is 0 Å². The largest absolute Gasteiger partial charge is 0.465 e. The molecule has 0 aliphatic rings. The summed E-state index contributed by atoms with van der Waals surface area (Å²) in [6, 6.07) is 21.8. The summed E-state index contributed by atoms with van der Waals surface area (Å²) in [4.78, 5) is 17.1. The van der Waals surface area contributed by atoms with E-state index in [9.17, 15) is 4.79 Å². The van der Waals surface area contributed by atoms with Crippen LogP contribution in [-0.4, -0.2) is 18.1 Å². The Balaban J connectivity index is 1.98. The van der Waals surface area contributed by atoms with Gasteiger partial charge in [0.1, 0.15) is 10.0 Å². The second-order valence-electron chi connectivity index (χ2n) is 5.73. The number of hydrogen-bond acceptors (Lipinski definition) is 4. The summed E-state index contributed by atoms with van der Waals surface area (Å²) in [5.41, 5.74) is 3.91. The van der Waals surface area contributed by atoms with Crippen molar-refractivity contribution in [2.75, 3.05) is 7.11 Å². The number of methoxy groups -OCH3 is 1. The molecule has 0 unspecified atom stereocenters. The minimum atomic E-state index is -0.357. The van der Waals surface area contributed by atoms with Crippen LogP contribution in [0, 0.1) is 0 Å². The van der Waals surface area contributed by atoms with E-state index >= 15 is 0 Å². The van der Waals surface area contributed by atoms with Gasteiger partial charge in [0.2, 0.25) is 0 Å². The molecule has 2 heterocycles. The second-order valence-corrected chi connectivity index (χ2v) is 7.17. The lowest BCUT2D eigenvalue weighted by molar-refractivity contribution is 0.0606. The molecular weight excluding hydrogens is 366 g/mol. The number of benzene rings is 2. The standard InChI is InChI=1S/C21H14ClNO2S/c1-25-21(24)17-11-14-12-18(22)23-19(20(14)26-17)16-10-6-5-9-15(16)13-7-3-2-4-8-13/h2-12H,1H3. The highest BCUT2D eigenvalue weighted by Crippen LogP contribution is 2.39. The molecule has 0 amide bonds. The van der Waals surface area contributed by atoms with Crippen LogP contribution in [0.5, 0.6) is 0 Å². The van der Waals surface area contributed by atoms with Crippen LogP contribution in [0.15, 0.2) is 66.7 Å². The molecule has 0 radical (unpaired) electrons. The van der Waals surface area contributed by atoms with Crippen molar-refractivity contribution in [3.8, 4) is 22.4 Å². The number of fused-ring (bicyclic) bond motifs is 1. The molecule has 4 rings (SSSR count). The number of hydrogen-bond donors (Lipinski definition) is 0. The lowest BCUT2D eigenvalue weighted by atomic mass is 9.97. The summed E-state index contributed by atoms with van der Waals surface area (Å²) >= 11 is 7.64. The molecule has 4 aromatic rings. The summed E-state index contributed by atoms with van der Waals surface area (Å²) in [7, 11) is 1.38. The highest BCUT2D eigenvalue weighted by atomic mass is 35.5. The number of ether oxygens (including phenoxy) is 1. The van der Waals surface area contributed by atoms with E-state index in [1.165, 1.54) is 18.4 Å². The van der Waals surface area contributed by atoms with Gasteiger partial charge in [0.15, 0.2) is 0 Å². The van der Waals surface area contributed by atoms with Crippen molar-refractivity contribution in [1.29, 1.82) is 0 Å². The molecule has 0 saturated carbocycles. The van der Waals surface area contributed by atoms with Crippen molar-refractivity contribution in [2.24, 2.45) is 0 Å². The third-order valence-corrected chi connectivity index (χ3v) is 5.45. The van der Waals surface area contributed by atoms with Crippen LogP contribution >= 0.6 is 22.9 Å². The van der Waals surface area contributed by atoms with Gasteiger partial charge in [-0.3, -0.25) is 0 Å². The van der Waals surface area contributed by atoms with Crippen molar-refractivity contribution in [3.05, 3.63) is 76.8 Å². The smallest absolute Gasteiger partial charge is 0.348 e. The van der Waals surface area contributed by atoms with Crippen LogP contribution in [-0.2, 0) is 4.74 Å². The lowest BCUT2D eigenvalue weighted by Crippen LogP contribution is -1.96. The average molecular weight is 380 g/mol. The van der Waals surface area contributed by atoms with Gasteiger partial charge < -0.3 is 4.74 Å². The summed E-state index contributed by atoms with van der Waals surface area (Å²) < 4.78 is 5.77. The first-order valence-corrected chi connectivity index (χ1v) is 9.20. The maximum Gasteiger partial charge on any atom is 0.348 e. The first kappa shape index (κ1) is 16.8. The fourth-order valence-corrected chi connectivity index (χ4v) is 4.22. The van der Waals surface area contributed by atoms with Gasteiger partial charge >= 0.3 is 5.97 Å². The molecule has 0 fully saturated rings. The Morgan fingerprint density at radius 1 is 1.00 bits per heavy atom. The van der Waals surface area contributed by atoms with Crippen molar-refractivity contribution in [3.63, 3.8) is 0 Å². The predicted molar refractivity (Wildman–Crippen MR) is 107 cm³/mol. The third kappa shape index (κ3) is 2.98. The van der Waals surface area contributed by atoms with Crippen molar-refractivity contribution < 1.29 is 9.53 Å². The van der Waals surface area contributed by atoms with Crippen LogP contribution in [0.2, 0.25) is 5.15 Å². The Hall–Kier alpha value is -2.69. The van der Waals surface area contributed by atoms with Crippen LogP contribution < -0.4 is 0 Å². The van der Waals surface area contributed by atoms with Gasteiger partial charge in [-0.25, -0.2) is 9.78 Å². The number of esters is 1. The topological polar surface area (TPSA) is 39.2 Å². The van der Waals surface area contributed by atoms with Gasteiger partial charge in [-0.1, -0.05) is 66.2 Å². The van der Waals surface area contributed by atoms with E-state index in [1.807, 2.05) is 36.4 Å². The molecule has 2 aromatic carbocycles. The molecule has 26 heavy (non-hydrogen) atoms. The zero-order chi connectivity index (χ0) is 18.1. The fraction of sp³-hybridized carbons (Fsp3) is 0.0476. The number of pyridine rings is 1. The van der Waals surface area contributed by atoms with Gasteiger partial charge in [0, 0.05) is 5.56 Å². The van der Waals surface area contributed by atoms with E-state index in [2.05, 4.69) is 23.2 Å². The zero-order valence-electron chi connectivity index (χ0n) is 13.9. The zero-order valence-corrected chi connectivity index (χ0v) is 15.5. The molecule has 0 N–H and O–H groups in total. The van der Waals surface area contributed by atoms with Crippen molar-refractivity contribution in [1.82, 2.24) is 4.98 Å².